The van der Waals surface area contributed by atoms with Crippen molar-refractivity contribution < 1.29 is 27.8 Å². The molecule has 0 spiro atoms. The van der Waals surface area contributed by atoms with Crippen LogP contribution in [-0.4, -0.2) is 70.0 Å². The number of amides is 3. The van der Waals surface area contributed by atoms with E-state index in [4.69, 9.17) is 4.74 Å². The molecule has 10 heteroatoms. The van der Waals surface area contributed by atoms with Gasteiger partial charge < -0.3 is 30.3 Å². The number of carbonyl (C=O) groups excluding carboxylic acids is 2. The zero-order valence-corrected chi connectivity index (χ0v) is 23.7. The van der Waals surface area contributed by atoms with Crippen LogP contribution in [0, 0.1) is 40.7 Å². The smallest absolute Gasteiger partial charge is 0.406 e. The normalized spacial score (nSPS) is 30.2. The lowest BCUT2D eigenvalue weighted by Crippen LogP contribution is -2.52. The van der Waals surface area contributed by atoms with Gasteiger partial charge in [0.2, 0.25) is 0 Å². The molecule has 0 radical (unpaired) electrons. The average molecular weight is 563 g/mol. The van der Waals surface area contributed by atoms with Crippen LogP contribution in [0.4, 0.5) is 18.4 Å². The van der Waals surface area contributed by atoms with Crippen LogP contribution in [0.5, 0.6) is 0 Å². The summed E-state index contributed by atoms with van der Waals surface area (Å²) in [6.07, 6.45) is 7.83. The molecule has 40 heavy (non-hydrogen) atoms. The summed E-state index contributed by atoms with van der Waals surface area (Å²) >= 11 is 0. The van der Waals surface area contributed by atoms with Crippen molar-refractivity contribution in [3.63, 3.8) is 0 Å². The van der Waals surface area contributed by atoms with Gasteiger partial charge in [-0.05, 0) is 99.8 Å². The van der Waals surface area contributed by atoms with Gasteiger partial charge in [0.15, 0.2) is 0 Å². The molecule has 1 aliphatic heterocycles. The molecule has 1 saturated heterocycles. The average Bonchev–Trinajstić information content (AvgIpc) is 3.32. The van der Waals surface area contributed by atoms with Gasteiger partial charge in [-0.15, -0.1) is 0 Å². The van der Waals surface area contributed by atoms with E-state index >= 15 is 0 Å². The molecule has 3 amide bonds. The summed E-state index contributed by atoms with van der Waals surface area (Å²) in [4.78, 5) is 26.8. The zero-order chi connectivity index (χ0) is 28.3. The van der Waals surface area contributed by atoms with Crippen molar-refractivity contribution >= 4 is 12.1 Å². The molecule has 1 aromatic rings. The molecule has 5 aliphatic rings. The largest absolute Gasteiger partial charge is 0.453 e. The van der Waals surface area contributed by atoms with Gasteiger partial charge in [0.25, 0.3) is 0 Å². The number of urea groups is 1. The van der Waals surface area contributed by atoms with E-state index in [2.05, 4.69) is 20.7 Å². The van der Waals surface area contributed by atoms with Crippen molar-refractivity contribution in [2.45, 2.75) is 63.5 Å². The summed E-state index contributed by atoms with van der Waals surface area (Å²) in [7, 11) is 3.20. The number of nitrogens with one attached hydrogen (secondary N) is 3. The fourth-order valence-electron chi connectivity index (χ4n) is 8.54. The van der Waals surface area contributed by atoms with Crippen LogP contribution >= 0.6 is 0 Å². The number of methoxy groups -OCH3 is 1. The second-order valence-electron chi connectivity index (χ2n) is 12.5. The molecule has 3 N–H and O–H groups in total. The molecular weight excluding hydrogens is 518 g/mol. The van der Waals surface area contributed by atoms with E-state index in [1.54, 1.807) is 4.90 Å². The number of hydrogen-bond acceptors (Lipinski definition) is 5. The highest BCUT2D eigenvalue weighted by Gasteiger charge is 2.57. The summed E-state index contributed by atoms with van der Waals surface area (Å²) in [5, 5.41) is 9.16. The van der Waals surface area contributed by atoms with E-state index < -0.39 is 23.8 Å². The second kappa shape index (κ2) is 12.6. The van der Waals surface area contributed by atoms with Crippen LogP contribution in [0.2, 0.25) is 0 Å². The topological polar surface area (TPSA) is 91.9 Å². The van der Waals surface area contributed by atoms with Gasteiger partial charge in [-0.1, -0.05) is 0 Å². The maximum Gasteiger partial charge on any atom is 0.406 e. The van der Waals surface area contributed by atoms with E-state index in [9.17, 15) is 18.4 Å². The minimum Gasteiger partial charge on any atom is -0.453 e. The number of rotatable bonds is 11. The number of likely N-dealkylation sites (tertiary alicyclic amines) is 1. The van der Waals surface area contributed by atoms with Crippen molar-refractivity contribution in [3.05, 3.63) is 35.4 Å². The Morgan fingerprint density at radius 2 is 1.95 bits per heavy atom. The molecule has 8 nitrogen and oxygen atoms in total. The van der Waals surface area contributed by atoms with Gasteiger partial charge in [0.1, 0.15) is 11.6 Å². The molecule has 1 heterocycles. The summed E-state index contributed by atoms with van der Waals surface area (Å²) in [5.41, 5.74) is 0.503. The maximum atomic E-state index is 14.9. The minimum absolute atomic E-state index is 0.0492. The fraction of sp³-hybridized carbons (Fsp3) is 0.733. The van der Waals surface area contributed by atoms with Crippen LogP contribution < -0.4 is 16.0 Å². The molecule has 5 fully saturated rings. The maximum absolute atomic E-state index is 14.9. The first-order valence-electron chi connectivity index (χ1n) is 14.9. The molecule has 4 saturated carbocycles. The van der Waals surface area contributed by atoms with Crippen molar-refractivity contribution in [2.75, 3.05) is 46.9 Å². The molecule has 4 bridgehead atoms. The first-order valence-corrected chi connectivity index (χ1v) is 14.9. The number of benzene rings is 1. The Kier molecular flexibility index (Phi) is 9.14. The first-order chi connectivity index (χ1) is 19.3. The summed E-state index contributed by atoms with van der Waals surface area (Å²) in [6, 6.07) is 3.29. The monoisotopic (exact) mass is 562 g/mol. The fourth-order valence-corrected chi connectivity index (χ4v) is 8.54. The Labute approximate surface area is 235 Å². The molecule has 6 rings (SSSR count). The Balaban J connectivity index is 1.24. The van der Waals surface area contributed by atoms with Gasteiger partial charge >= 0.3 is 12.1 Å². The lowest BCUT2D eigenvalue weighted by molar-refractivity contribution is -0.0108. The highest BCUT2D eigenvalue weighted by molar-refractivity contribution is 5.74. The number of halogens is 2. The summed E-state index contributed by atoms with van der Waals surface area (Å²) < 4.78 is 39.7. The van der Waals surface area contributed by atoms with E-state index in [1.807, 2.05) is 7.05 Å². The number of nitrogens with zero attached hydrogens (tertiary/aromatic N) is 1. The summed E-state index contributed by atoms with van der Waals surface area (Å²) in [6.45, 7) is 1.96. The Bertz CT molecular complexity index is 1040. The van der Waals surface area contributed by atoms with Gasteiger partial charge in [0.05, 0.1) is 19.8 Å². The predicted molar refractivity (Wildman–Crippen MR) is 147 cm³/mol. The number of hydrogen-bond donors (Lipinski definition) is 3. The molecular formula is C30H44F2N4O4. The van der Waals surface area contributed by atoms with E-state index in [0.29, 0.717) is 24.9 Å². The van der Waals surface area contributed by atoms with E-state index in [0.717, 1.165) is 49.3 Å². The number of piperidine rings is 1. The van der Waals surface area contributed by atoms with E-state index in [1.165, 1.54) is 45.3 Å². The minimum atomic E-state index is -0.762. The SMILES string of the molecule is CNC[C@H](CC12CC3CC(CC1C3)C2)NC(=O)N1CCC[C@@H]([C@@H](OCCNC(=O)OC)c2cc(F)ccc2F)C1. The quantitative estimate of drug-likeness (QED) is 0.343. The molecule has 1 aromatic carbocycles. The molecule has 222 valence electrons. The van der Waals surface area contributed by atoms with Gasteiger partial charge in [0, 0.05) is 43.7 Å². The van der Waals surface area contributed by atoms with Crippen molar-refractivity contribution in [1.29, 1.82) is 0 Å². The van der Waals surface area contributed by atoms with Crippen LogP contribution in [0.25, 0.3) is 0 Å². The lowest BCUT2D eigenvalue weighted by atomic mass is 9.72. The molecule has 2 unspecified atom stereocenters. The van der Waals surface area contributed by atoms with Crippen molar-refractivity contribution in [3.8, 4) is 0 Å². The third-order valence-electron chi connectivity index (χ3n) is 9.88. The second-order valence-corrected chi connectivity index (χ2v) is 12.5. The third-order valence-corrected chi connectivity index (χ3v) is 9.88. The molecule has 4 aliphatic carbocycles. The van der Waals surface area contributed by atoms with Crippen LogP contribution in [0.1, 0.15) is 63.0 Å². The van der Waals surface area contributed by atoms with Crippen LogP contribution in [-0.2, 0) is 9.47 Å². The highest BCUT2D eigenvalue weighted by Crippen LogP contribution is 2.67. The highest BCUT2D eigenvalue weighted by atomic mass is 19.1. The zero-order valence-electron chi connectivity index (χ0n) is 23.7. The summed E-state index contributed by atoms with van der Waals surface area (Å²) in [5.74, 6) is 1.22. The number of likely N-dealkylation sites (N-methyl/N-ethyl adjacent to an activating group) is 1. The van der Waals surface area contributed by atoms with Crippen LogP contribution in [0.15, 0.2) is 18.2 Å². The van der Waals surface area contributed by atoms with Crippen LogP contribution in [0.3, 0.4) is 0 Å². The first kappa shape index (κ1) is 29.0. The van der Waals surface area contributed by atoms with Crippen molar-refractivity contribution in [2.24, 2.45) is 29.1 Å². The lowest BCUT2D eigenvalue weighted by Gasteiger charge is -2.39. The Morgan fingerprint density at radius 3 is 2.67 bits per heavy atom. The Morgan fingerprint density at radius 1 is 1.18 bits per heavy atom. The predicted octanol–water partition coefficient (Wildman–Crippen LogP) is 4.60. The number of ether oxygens (including phenoxy) is 2. The van der Waals surface area contributed by atoms with Gasteiger partial charge in [-0.25, -0.2) is 18.4 Å². The van der Waals surface area contributed by atoms with Gasteiger partial charge in [-0.3, -0.25) is 0 Å². The van der Waals surface area contributed by atoms with E-state index in [-0.39, 0.29) is 36.7 Å². The molecule has 5 atom stereocenters. The number of carbonyl (C=O) groups is 2. The van der Waals surface area contributed by atoms with Gasteiger partial charge in [-0.2, -0.15) is 0 Å². The standard InChI is InChI=1S/C30H44F2N4O4/c1-33-17-24(16-30-14-19-10-20(15-30)12-22(30)11-19)35-28(37)36-8-3-4-21(18-36)27(40-9-7-34-29(38)39-2)25-13-23(31)5-6-26(25)32/h5-6,13,19-22,24,27,33H,3-4,7-12,14-18H2,1-2H3,(H,34,38)(H,35,37)/t19?,20?,21-,22?,24+,27-,30?/m1/s1. The molecule has 0 aromatic heterocycles. The third kappa shape index (κ3) is 6.38. The van der Waals surface area contributed by atoms with Crippen molar-refractivity contribution in [1.82, 2.24) is 20.9 Å². The number of alkyl carbamates (subject to hydrolysis) is 1. The Hall–Kier alpha value is -2.46.